The first-order valence-electron chi connectivity index (χ1n) is 8.83. The predicted molar refractivity (Wildman–Crippen MR) is 106 cm³/mol. The summed E-state index contributed by atoms with van der Waals surface area (Å²) in [6.07, 6.45) is 7.79. The molecule has 0 radical (unpaired) electrons. The minimum Gasteiger partial charge on any atom is -0.410 e. The topological polar surface area (TPSA) is 12.0 Å². The molecule has 2 rings (SSSR count). The van der Waals surface area contributed by atoms with Gasteiger partial charge >= 0.3 is 0 Å². The minimum absolute atomic E-state index is 1.06. The molecule has 0 bridgehead atoms. The summed E-state index contributed by atoms with van der Waals surface area (Å²) in [5, 5.41) is 0. The van der Waals surface area contributed by atoms with Crippen molar-refractivity contribution in [2.75, 3.05) is 0 Å². The van der Waals surface area contributed by atoms with Gasteiger partial charge in [-0.3, -0.25) is 0 Å². The van der Waals surface area contributed by atoms with Crippen molar-refractivity contribution in [3.63, 3.8) is 0 Å². The first-order chi connectivity index (χ1) is 10.9. The third kappa shape index (κ3) is 4.26. The monoisotopic (exact) mass is 325 g/mol. The molecule has 1 aliphatic carbocycles. The van der Waals surface area contributed by atoms with Crippen LogP contribution in [0, 0.1) is 0 Å². The highest BCUT2D eigenvalue weighted by Gasteiger charge is 2.27. The molecule has 124 valence electrons. The molecule has 0 spiro atoms. The van der Waals surface area contributed by atoms with Crippen LogP contribution in [0.4, 0.5) is 0 Å². The van der Waals surface area contributed by atoms with E-state index in [9.17, 15) is 0 Å². The van der Waals surface area contributed by atoms with Gasteiger partial charge in [-0.05, 0) is 42.0 Å². The van der Waals surface area contributed by atoms with Gasteiger partial charge in [0.1, 0.15) is 8.24 Å². The van der Waals surface area contributed by atoms with Gasteiger partial charge in [-0.15, -0.1) is 0 Å². The molecule has 0 saturated carbocycles. The maximum Gasteiger partial charge on any atom is 0.144 e. The lowest BCUT2D eigenvalue weighted by Gasteiger charge is -2.24. The fourth-order valence-corrected chi connectivity index (χ4v) is 4.30. The first-order valence-corrected chi connectivity index (χ1v) is 12.3. The fraction of sp³-hybridized carbons (Fsp3) is 0.429. The van der Waals surface area contributed by atoms with Crippen LogP contribution in [0.3, 0.4) is 0 Å². The van der Waals surface area contributed by atoms with Crippen molar-refractivity contribution in [2.45, 2.75) is 59.7 Å². The molecule has 1 nitrogen and oxygen atoms in total. The Balaban J connectivity index is 2.56. The molecule has 0 saturated heterocycles. The van der Waals surface area contributed by atoms with Gasteiger partial charge in [0.15, 0.2) is 0 Å². The van der Waals surface area contributed by atoms with Gasteiger partial charge < -0.3 is 4.98 Å². The van der Waals surface area contributed by atoms with E-state index in [1.165, 1.54) is 33.5 Å². The Morgan fingerprint density at radius 1 is 1.17 bits per heavy atom. The molecule has 1 aromatic rings. The Bertz CT molecular complexity index is 657. The lowest BCUT2D eigenvalue weighted by atomic mass is 9.95. The summed E-state index contributed by atoms with van der Waals surface area (Å²) in [6.45, 7) is 13.8. The normalized spacial score (nSPS) is 15.9. The molecule has 0 heterocycles. The van der Waals surface area contributed by atoms with Crippen molar-refractivity contribution in [3.05, 3.63) is 64.3 Å². The number of hydrogen-bond donors (Lipinski definition) is 1. The molecule has 0 fully saturated rings. The summed E-state index contributed by atoms with van der Waals surface area (Å²) in [5.74, 6) is 0. The van der Waals surface area contributed by atoms with Gasteiger partial charge in [0.05, 0.1) is 0 Å². The molecule has 1 N–H and O–H groups in total. The van der Waals surface area contributed by atoms with Crippen molar-refractivity contribution in [1.82, 2.24) is 4.98 Å². The summed E-state index contributed by atoms with van der Waals surface area (Å²) in [7, 11) is -1.40. The van der Waals surface area contributed by atoms with Gasteiger partial charge in [0, 0.05) is 17.7 Å². The van der Waals surface area contributed by atoms with E-state index in [1.807, 2.05) is 0 Å². The van der Waals surface area contributed by atoms with E-state index >= 15 is 0 Å². The second kappa shape index (κ2) is 7.35. The van der Waals surface area contributed by atoms with Crippen molar-refractivity contribution in [1.29, 1.82) is 0 Å². The standard InChI is InChI=1S/C21H31NSi/c1-7-9-12-16(3)18(8-2)20-15-17-13-10-11-14-19(17)21(20)22-23(4,5)6/h9-14,22H,7-8,15H2,1-6H3/b12-9-,18-16+. The van der Waals surface area contributed by atoms with Crippen LogP contribution >= 0.6 is 0 Å². The van der Waals surface area contributed by atoms with E-state index < -0.39 is 8.24 Å². The number of hydrogen-bond acceptors (Lipinski definition) is 1. The number of fused-ring (bicyclic) bond motifs is 1. The fourth-order valence-electron chi connectivity index (χ4n) is 3.26. The second-order valence-corrected chi connectivity index (χ2v) is 12.1. The molecular weight excluding hydrogens is 294 g/mol. The SMILES string of the molecule is CC/C=C\C(C)=C(/CC)C1=C(N[Si](C)(C)C)c2ccccc2C1. The molecule has 1 aliphatic rings. The van der Waals surface area contributed by atoms with E-state index in [0.29, 0.717) is 0 Å². The molecule has 0 unspecified atom stereocenters. The van der Waals surface area contributed by atoms with E-state index in [4.69, 9.17) is 0 Å². The van der Waals surface area contributed by atoms with E-state index in [2.05, 4.69) is 81.8 Å². The van der Waals surface area contributed by atoms with Crippen LogP contribution in [-0.2, 0) is 6.42 Å². The van der Waals surface area contributed by atoms with Crippen LogP contribution in [-0.4, -0.2) is 8.24 Å². The maximum atomic E-state index is 3.91. The summed E-state index contributed by atoms with van der Waals surface area (Å²) in [5.41, 5.74) is 8.68. The van der Waals surface area contributed by atoms with E-state index in [1.54, 1.807) is 0 Å². The van der Waals surface area contributed by atoms with Crippen LogP contribution in [0.25, 0.3) is 5.70 Å². The van der Waals surface area contributed by atoms with Crippen molar-refractivity contribution in [2.24, 2.45) is 0 Å². The van der Waals surface area contributed by atoms with Gasteiger partial charge in [-0.2, -0.15) is 0 Å². The Kier molecular flexibility index (Phi) is 5.69. The first kappa shape index (κ1) is 17.8. The van der Waals surface area contributed by atoms with Crippen LogP contribution < -0.4 is 4.98 Å². The Labute approximate surface area is 143 Å². The quantitative estimate of drug-likeness (QED) is 0.494. The number of rotatable bonds is 6. The van der Waals surface area contributed by atoms with Crippen LogP contribution in [0.15, 0.2) is 53.1 Å². The van der Waals surface area contributed by atoms with Crippen LogP contribution in [0.1, 0.15) is 44.7 Å². The number of allylic oxidation sites excluding steroid dienone is 5. The van der Waals surface area contributed by atoms with Crippen molar-refractivity contribution < 1.29 is 0 Å². The highest BCUT2D eigenvalue weighted by Crippen LogP contribution is 2.37. The molecule has 0 aromatic heterocycles. The molecule has 0 aliphatic heterocycles. The number of nitrogens with one attached hydrogen (secondary N) is 1. The zero-order chi connectivity index (χ0) is 17.0. The molecule has 2 heteroatoms. The third-order valence-electron chi connectivity index (χ3n) is 4.25. The Morgan fingerprint density at radius 2 is 1.87 bits per heavy atom. The zero-order valence-corrected chi connectivity index (χ0v) is 16.6. The van der Waals surface area contributed by atoms with Gasteiger partial charge in [-0.25, -0.2) is 0 Å². The lowest BCUT2D eigenvalue weighted by Crippen LogP contribution is -2.40. The largest absolute Gasteiger partial charge is 0.410 e. The summed E-state index contributed by atoms with van der Waals surface area (Å²) in [6, 6.07) is 8.87. The highest BCUT2D eigenvalue weighted by molar-refractivity contribution is 6.74. The summed E-state index contributed by atoms with van der Waals surface area (Å²) < 4.78 is 0. The van der Waals surface area contributed by atoms with Crippen LogP contribution in [0.2, 0.25) is 19.6 Å². The van der Waals surface area contributed by atoms with E-state index in [0.717, 1.165) is 19.3 Å². The smallest absolute Gasteiger partial charge is 0.144 e. The average molecular weight is 326 g/mol. The van der Waals surface area contributed by atoms with Gasteiger partial charge in [0.2, 0.25) is 0 Å². The molecule has 0 amide bonds. The van der Waals surface area contributed by atoms with E-state index in [-0.39, 0.29) is 0 Å². The summed E-state index contributed by atoms with van der Waals surface area (Å²) in [4.78, 5) is 3.91. The third-order valence-corrected chi connectivity index (χ3v) is 5.25. The molecular formula is C21H31NSi. The van der Waals surface area contributed by atoms with Crippen molar-refractivity contribution >= 4 is 13.9 Å². The lowest BCUT2D eigenvalue weighted by molar-refractivity contribution is 1.04. The second-order valence-electron chi connectivity index (χ2n) is 7.39. The Morgan fingerprint density at radius 3 is 2.48 bits per heavy atom. The van der Waals surface area contributed by atoms with Gasteiger partial charge in [0.25, 0.3) is 0 Å². The van der Waals surface area contributed by atoms with Crippen molar-refractivity contribution in [3.8, 4) is 0 Å². The predicted octanol–water partition coefficient (Wildman–Crippen LogP) is 6.07. The average Bonchev–Trinajstić information content (AvgIpc) is 2.83. The molecule has 1 aromatic carbocycles. The Hall–Kier alpha value is -1.54. The minimum atomic E-state index is -1.40. The number of benzene rings is 1. The van der Waals surface area contributed by atoms with Crippen LogP contribution in [0.5, 0.6) is 0 Å². The van der Waals surface area contributed by atoms with Gasteiger partial charge in [-0.1, -0.05) is 69.9 Å². The summed E-state index contributed by atoms with van der Waals surface area (Å²) >= 11 is 0. The molecule has 23 heavy (non-hydrogen) atoms. The highest BCUT2D eigenvalue weighted by atomic mass is 28.3. The maximum absolute atomic E-state index is 3.91. The zero-order valence-electron chi connectivity index (χ0n) is 15.6. The molecule has 0 atom stereocenters.